The quantitative estimate of drug-likeness (QED) is 0.738. The number of aromatic nitrogens is 2. The van der Waals surface area contributed by atoms with Crippen molar-refractivity contribution >= 4 is 32.3 Å². The molecular formula is C18H17N3O4S. The number of amides is 1. The van der Waals surface area contributed by atoms with Crippen LogP contribution < -0.4 is 10.7 Å². The Morgan fingerprint density at radius 1 is 1.15 bits per heavy atom. The first-order chi connectivity index (χ1) is 12.3. The number of rotatable bonds is 5. The fourth-order valence-electron chi connectivity index (χ4n) is 2.57. The zero-order valence-electron chi connectivity index (χ0n) is 14.0. The van der Waals surface area contributed by atoms with Crippen LogP contribution in [0.25, 0.3) is 10.9 Å². The van der Waals surface area contributed by atoms with Crippen LogP contribution in [0.15, 0.2) is 64.4 Å². The number of fused-ring (bicyclic) bond motifs is 1. The number of carbonyl (C=O) groups is 1. The highest BCUT2D eigenvalue weighted by molar-refractivity contribution is 7.90. The molecule has 0 radical (unpaired) electrons. The van der Waals surface area contributed by atoms with Crippen LogP contribution in [0.4, 0.5) is 5.69 Å². The Morgan fingerprint density at radius 3 is 2.69 bits per heavy atom. The van der Waals surface area contributed by atoms with E-state index in [1.54, 1.807) is 41.1 Å². The van der Waals surface area contributed by atoms with Gasteiger partial charge in [-0.3, -0.25) is 14.3 Å². The lowest BCUT2D eigenvalue weighted by Crippen LogP contribution is -2.18. The zero-order chi connectivity index (χ0) is 18.7. The summed E-state index contributed by atoms with van der Waals surface area (Å²) in [5, 5.41) is 7.30. The van der Waals surface area contributed by atoms with Crippen LogP contribution in [-0.4, -0.2) is 30.4 Å². The Hall–Kier alpha value is -3.00. The van der Waals surface area contributed by atoms with Gasteiger partial charge in [0.05, 0.1) is 23.2 Å². The molecule has 26 heavy (non-hydrogen) atoms. The number of nitrogens with one attached hydrogen (secondary N) is 1. The van der Waals surface area contributed by atoms with Crippen molar-refractivity contribution in [1.29, 1.82) is 0 Å². The van der Waals surface area contributed by atoms with Crippen molar-refractivity contribution in [3.05, 3.63) is 65.0 Å². The maximum absolute atomic E-state index is 12.2. The summed E-state index contributed by atoms with van der Waals surface area (Å²) in [7, 11) is -3.34. The first kappa shape index (κ1) is 17.8. The van der Waals surface area contributed by atoms with Crippen LogP contribution in [0.2, 0.25) is 0 Å². The molecule has 0 aliphatic carbocycles. The van der Waals surface area contributed by atoms with Gasteiger partial charge >= 0.3 is 0 Å². The van der Waals surface area contributed by atoms with E-state index < -0.39 is 9.84 Å². The Balaban J connectivity index is 1.73. The van der Waals surface area contributed by atoms with E-state index in [-0.39, 0.29) is 22.7 Å². The number of carbonyl (C=O) groups excluding carboxylic acids is 1. The van der Waals surface area contributed by atoms with Crippen LogP contribution >= 0.6 is 0 Å². The summed E-state index contributed by atoms with van der Waals surface area (Å²) in [6.07, 6.45) is 2.47. The third-order valence-corrected chi connectivity index (χ3v) is 4.97. The summed E-state index contributed by atoms with van der Waals surface area (Å²) in [5.74, 6) is -0.278. The van der Waals surface area contributed by atoms with Crippen molar-refractivity contribution in [2.24, 2.45) is 0 Å². The Morgan fingerprint density at radius 2 is 1.92 bits per heavy atom. The number of para-hydroxylation sites is 1. The molecule has 0 spiro atoms. The van der Waals surface area contributed by atoms with Crippen LogP contribution in [-0.2, 0) is 21.2 Å². The molecular weight excluding hydrogens is 354 g/mol. The van der Waals surface area contributed by atoms with E-state index in [1.807, 2.05) is 0 Å². The molecule has 134 valence electrons. The molecule has 0 aliphatic heterocycles. The van der Waals surface area contributed by atoms with Crippen molar-refractivity contribution in [2.45, 2.75) is 17.9 Å². The Bertz CT molecular complexity index is 1140. The first-order valence-electron chi connectivity index (χ1n) is 7.89. The fourth-order valence-corrected chi connectivity index (χ4v) is 3.24. The second-order valence-corrected chi connectivity index (χ2v) is 7.86. The van der Waals surface area contributed by atoms with Gasteiger partial charge < -0.3 is 5.32 Å². The van der Waals surface area contributed by atoms with E-state index in [9.17, 15) is 18.0 Å². The van der Waals surface area contributed by atoms with E-state index in [2.05, 4.69) is 10.4 Å². The highest BCUT2D eigenvalue weighted by Gasteiger charge is 2.10. The van der Waals surface area contributed by atoms with Gasteiger partial charge in [-0.25, -0.2) is 8.42 Å². The average molecular weight is 371 g/mol. The molecule has 3 aromatic rings. The fraction of sp³-hybridized carbons (Fsp3) is 0.167. The molecule has 1 heterocycles. The van der Waals surface area contributed by atoms with Crippen molar-refractivity contribution in [2.75, 3.05) is 11.6 Å². The second-order valence-electron chi connectivity index (χ2n) is 5.85. The highest BCUT2D eigenvalue weighted by atomic mass is 32.2. The number of benzene rings is 2. The largest absolute Gasteiger partial charge is 0.326 e. The molecule has 1 N–H and O–H groups in total. The van der Waals surface area contributed by atoms with Crippen LogP contribution in [0.1, 0.15) is 6.42 Å². The summed E-state index contributed by atoms with van der Waals surface area (Å²) in [4.78, 5) is 24.1. The van der Waals surface area contributed by atoms with E-state index >= 15 is 0 Å². The van der Waals surface area contributed by atoms with Crippen LogP contribution in [0.3, 0.4) is 0 Å². The molecule has 2 aromatic carbocycles. The van der Waals surface area contributed by atoms with Crippen LogP contribution in [0, 0.1) is 0 Å². The third-order valence-electron chi connectivity index (χ3n) is 3.86. The smallest absolute Gasteiger partial charge is 0.226 e. The van der Waals surface area contributed by atoms with Gasteiger partial charge in [-0.15, -0.1) is 0 Å². The molecule has 0 saturated carbocycles. The lowest BCUT2D eigenvalue weighted by molar-refractivity contribution is -0.116. The first-order valence-corrected chi connectivity index (χ1v) is 9.78. The van der Waals surface area contributed by atoms with Crippen molar-refractivity contribution in [3.8, 4) is 0 Å². The predicted molar refractivity (Wildman–Crippen MR) is 98.8 cm³/mol. The summed E-state index contributed by atoms with van der Waals surface area (Å²) < 4.78 is 24.8. The van der Waals surface area contributed by atoms with Crippen LogP contribution in [0.5, 0.6) is 0 Å². The monoisotopic (exact) mass is 371 g/mol. The van der Waals surface area contributed by atoms with Gasteiger partial charge in [-0.1, -0.05) is 18.2 Å². The maximum Gasteiger partial charge on any atom is 0.226 e. The molecule has 0 unspecified atom stereocenters. The van der Waals surface area contributed by atoms with Gasteiger partial charge in [0.25, 0.3) is 0 Å². The summed E-state index contributed by atoms with van der Waals surface area (Å²) in [6, 6.07) is 13.2. The molecule has 0 bridgehead atoms. The number of nitrogens with zero attached hydrogens (tertiary/aromatic N) is 2. The van der Waals surface area contributed by atoms with Gasteiger partial charge in [0.1, 0.15) is 0 Å². The average Bonchev–Trinajstić information content (AvgIpc) is 2.61. The topological polar surface area (TPSA) is 98.1 Å². The van der Waals surface area contributed by atoms with Crippen molar-refractivity contribution in [1.82, 2.24) is 9.78 Å². The lowest BCUT2D eigenvalue weighted by atomic mass is 10.2. The molecule has 0 aliphatic rings. The van der Waals surface area contributed by atoms with E-state index in [1.165, 1.54) is 18.3 Å². The minimum absolute atomic E-state index is 0.128. The third kappa shape index (κ3) is 3.97. The number of anilines is 1. The Labute approximate surface area is 150 Å². The van der Waals surface area contributed by atoms with Gasteiger partial charge in [0.2, 0.25) is 11.3 Å². The van der Waals surface area contributed by atoms with Gasteiger partial charge in [0, 0.05) is 23.8 Å². The van der Waals surface area contributed by atoms with Crippen molar-refractivity contribution < 1.29 is 13.2 Å². The second kappa shape index (κ2) is 7.09. The molecule has 0 fully saturated rings. The van der Waals surface area contributed by atoms with Gasteiger partial charge in [0.15, 0.2) is 9.84 Å². The molecule has 1 amide bonds. The van der Waals surface area contributed by atoms with Gasteiger partial charge in [-0.05, 0) is 30.3 Å². The standard InChI is InChI=1S/C18H17N3O4S/c1-26(24,25)14-6-4-5-13(11-14)20-18(23)9-10-21-16-8-3-2-7-15(16)17(22)12-19-21/h2-8,11-12H,9-10H2,1H3,(H,20,23). The summed E-state index contributed by atoms with van der Waals surface area (Å²) >= 11 is 0. The zero-order valence-corrected chi connectivity index (χ0v) is 14.9. The summed E-state index contributed by atoms with van der Waals surface area (Å²) in [6.45, 7) is 0.290. The molecule has 1 aromatic heterocycles. The van der Waals surface area contributed by atoms with E-state index in [4.69, 9.17) is 0 Å². The number of aryl methyl sites for hydroxylation is 1. The highest BCUT2D eigenvalue weighted by Crippen LogP contribution is 2.15. The maximum atomic E-state index is 12.2. The molecule has 0 atom stereocenters. The van der Waals surface area contributed by atoms with E-state index in [0.717, 1.165) is 6.26 Å². The molecule has 0 saturated heterocycles. The Kier molecular flexibility index (Phi) is 4.85. The number of hydrogen-bond donors (Lipinski definition) is 1. The normalized spacial score (nSPS) is 11.4. The SMILES string of the molecule is CS(=O)(=O)c1cccc(NC(=O)CCn2ncc(=O)c3ccccc32)c1. The minimum atomic E-state index is -3.34. The molecule has 7 nitrogen and oxygen atoms in total. The summed E-state index contributed by atoms with van der Waals surface area (Å²) in [5.41, 5.74) is 0.904. The van der Waals surface area contributed by atoms with E-state index in [0.29, 0.717) is 23.1 Å². The van der Waals surface area contributed by atoms with Crippen molar-refractivity contribution in [3.63, 3.8) is 0 Å². The molecule has 8 heteroatoms. The number of hydrogen-bond acceptors (Lipinski definition) is 5. The lowest BCUT2D eigenvalue weighted by Gasteiger charge is -2.10. The predicted octanol–water partition coefficient (Wildman–Crippen LogP) is 1.83. The van der Waals surface area contributed by atoms with Gasteiger partial charge in [-0.2, -0.15) is 5.10 Å². The molecule has 3 rings (SSSR count). The number of sulfone groups is 1. The minimum Gasteiger partial charge on any atom is -0.326 e.